The quantitative estimate of drug-likeness (QED) is 0.270. The Bertz CT molecular complexity index is 1480. The number of benzene rings is 3. The minimum atomic E-state index is -0.00373. The molecule has 3 heteroatoms. The van der Waals surface area contributed by atoms with E-state index in [1.165, 1.54) is 50.8 Å². The molecule has 0 bridgehead atoms. The van der Waals surface area contributed by atoms with Crippen LogP contribution >= 0.6 is 0 Å². The fourth-order valence-electron chi connectivity index (χ4n) is 6.60. The maximum Gasteiger partial charge on any atom is 0.250 e. The second-order valence-corrected chi connectivity index (χ2v) is 10.9. The number of aromatic nitrogens is 1. The summed E-state index contributed by atoms with van der Waals surface area (Å²) in [5, 5.41) is 1.26. The van der Waals surface area contributed by atoms with Gasteiger partial charge in [0.2, 0.25) is 0 Å². The molecule has 1 amide bonds. The molecule has 1 aliphatic heterocycles. The molecule has 1 aromatic heterocycles. The molecule has 188 valence electrons. The summed E-state index contributed by atoms with van der Waals surface area (Å²) in [5.41, 5.74) is 10.0. The van der Waals surface area contributed by atoms with Crippen LogP contribution in [0.5, 0.6) is 0 Å². The fourth-order valence-corrected chi connectivity index (χ4v) is 6.60. The SMILES string of the molecule is Cc1ccc(-c2c(C3C4=C(CCCC4)C(=O)N3C(C)CCc3ccccc3)c3ccccc3n2C)cc1. The molecule has 0 radical (unpaired) electrons. The van der Waals surface area contributed by atoms with E-state index in [0.29, 0.717) is 0 Å². The summed E-state index contributed by atoms with van der Waals surface area (Å²) in [6.45, 7) is 4.39. The van der Waals surface area contributed by atoms with Crippen molar-refractivity contribution in [3.8, 4) is 11.3 Å². The Morgan fingerprint density at radius 1 is 0.892 bits per heavy atom. The Morgan fingerprint density at radius 2 is 1.59 bits per heavy atom. The van der Waals surface area contributed by atoms with Crippen molar-refractivity contribution in [1.29, 1.82) is 0 Å². The molecule has 0 fully saturated rings. The van der Waals surface area contributed by atoms with Gasteiger partial charge >= 0.3 is 0 Å². The summed E-state index contributed by atoms with van der Waals surface area (Å²) in [4.78, 5) is 16.3. The highest BCUT2D eigenvalue weighted by molar-refractivity contribution is 6.01. The van der Waals surface area contributed by atoms with Gasteiger partial charge in [0.15, 0.2) is 0 Å². The van der Waals surface area contributed by atoms with E-state index in [0.717, 1.165) is 37.7 Å². The number of nitrogens with zero attached hydrogens (tertiary/aromatic N) is 2. The fraction of sp³-hybridized carbons (Fsp3) is 0.324. The molecule has 4 aromatic rings. The van der Waals surface area contributed by atoms with E-state index in [1.807, 2.05) is 0 Å². The molecule has 0 spiro atoms. The van der Waals surface area contributed by atoms with Crippen molar-refractivity contribution in [3.63, 3.8) is 0 Å². The van der Waals surface area contributed by atoms with Gasteiger partial charge in [0.1, 0.15) is 0 Å². The van der Waals surface area contributed by atoms with Gasteiger partial charge in [0.05, 0.1) is 11.7 Å². The number of carbonyl (C=O) groups excluding carboxylic acids is 1. The van der Waals surface area contributed by atoms with Crippen molar-refractivity contribution in [2.24, 2.45) is 7.05 Å². The molecular weight excluding hydrogens is 452 g/mol. The molecule has 3 aromatic carbocycles. The van der Waals surface area contributed by atoms with Crippen molar-refractivity contribution in [2.75, 3.05) is 0 Å². The molecule has 3 nitrogen and oxygen atoms in total. The average molecular weight is 489 g/mol. The number of fused-ring (bicyclic) bond motifs is 1. The first-order chi connectivity index (χ1) is 18.0. The van der Waals surface area contributed by atoms with Crippen molar-refractivity contribution < 1.29 is 4.79 Å². The van der Waals surface area contributed by atoms with Crippen molar-refractivity contribution in [2.45, 2.75) is 64.5 Å². The van der Waals surface area contributed by atoms with Crippen LogP contribution < -0.4 is 0 Å². The topological polar surface area (TPSA) is 25.2 Å². The first-order valence-corrected chi connectivity index (χ1v) is 13.8. The van der Waals surface area contributed by atoms with Crippen LogP contribution in [0.2, 0.25) is 0 Å². The lowest BCUT2D eigenvalue weighted by atomic mass is 9.85. The maximum absolute atomic E-state index is 14.1. The highest BCUT2D eigenvalue weighted by atomic mass is 16.2. The average Bonchev–Trinajstić information content (AvgIpc) is 3.39. The van der Waals surface area contributed by atoms with E-state index in [2.05, 4.69) is 109 Å². The Morgan fingerprint density at radius 3 is 2.38 bits per heavy atom. The summed E-state index contributed by atoms with van der Waals surface area (Å²) in [5.74, 6) is 0.267. The normalized spacial score (nSPS) is 18.5. The number of aryl methyl sites for hydroxylation is 3. The summed E-state index contributed by atoms with van der Waals surface area (Å²) in [6.07, 6.45) is 6.14. The molecule has 0 saturated carbocycles. The van der Waals surface area contributed by atoms with E-state index >= 15 is 0 Å². The smallest absolute Gasteiger partial charge is 0.250 e. The van der Waals surface area contributed by atoms with Gasteiger partial charge in [0, 0.05) is 35.1 Å². The summed E-state index contributed by atoms with van der Waals surface area (Å²) >= 11 is 0. The molecule has 1 aliphatic carbocycles. The Balaban J connectivity index is 1.51. The molecule has 2 heterocycles. The van der Waals surface area contributed by atoms with E-state index in [4.69, 9.17) is 0 Å². The van der Waals surface area contributed by atoms with Crippen LogP contribution in [0.4, 0.5) is 0 Å². The molecule has 0 saturated heterocycles. The van der Waals surface area contributed by atoms with Gasteiger partial charge in [-0.1, -0.05) is 78.4 Å². The second kappa shape index (κ2) is 9.70. The Labute approximate surface area is 220 Å². The number of rotatable bonds is 6. The second-order valence-electron chi connectivity index (χ2n) is 10.9. The predicted octanol–water partition coefficient (Wildman–Crippen LogP) is 7.93. The molecule has 2 atom stereocenters. The van der Waals surface area contributed by atoms with Crippen LogP contribution in [0.3, 0.4) is 0 Å². The number of hydrogen-bond acceptors (Lipinski definition) is 1. The van der Waals surface area contributed by atoms with Crippen LogP contribution in [0, 0.1) is 6.92 Å². The first kappa shape index (κ1) is 23.8. The number of carbonyl (C=O) groups is 1. The van der Waals surface area contributed by atoms with Crippen LogP contribution in [-0.4, -0.2) is 21.4 Å². The zero-order chi connectivity index (χ0) is 25.5. The van der Waals surface area contributed by atoms with Crippen LogP contribution in [0.1, 0.15) is 61.8 Å². The molecular formula is C34H36N2O. The van der Waals surface area contributed by atoms with Gasteiger partial charge in [-0.25, -0.2) is 0 Å². The van der Waals surface area contributed by atoms with Gasteiger partial charge in [-0.05, 0) is 75.1 Å². The van der Waals surface area contributed by atoms with E-state index in [-0.39, 0.29) is 18.0 Å². The third-order valence-corrected chi connectivity index (χ3v) is 8.52. The van der Waals surface area contributed by atoms with Crippen molar-refractivity contribution in [1.82, 2.24) is 9.47 Å². The van der Waals surface area contributed by atoms with Crippen molar-refractivity contribution >= 4 is 16.8 Å². The van der Waals surface area contributed by atoms with Gasteiger partial charge in [-0.15, -0.1) is 0 Å². The minimum absolute atomic E-state index is 0.00373. The van der Waals surface area contributed by atoms with Crippen LogP contribution in [0.25, 0.3) is 22.2 Å². The Kier molecular flexibility index (Phi) is 6.24. The highest BCUT2D eigenvalue weighted by Crippen LogP contribution is 2.50. The van der Waals surface area contributed by atoms with Crippen molar-refractivity contribution in [3.05, 3.63) is 107 Å². The molecule has 2 unspecified atom stereocenters. The number of para-hydroxylation sites is 1. The van der Waals surface area contributed by atoms with Gasteiger partial charge in [0.25, 0.3) is 5.91 Å². The number of hydrogen-bond donors (Lipinski definition) is 0. The zero-order valence-electron chi connectivity index (χ0n) is 22.2. The first-order valence-electron chi connectivity index (χ1n) is 13.8. The third-order valence-electron chi connectivity index (χ3n) is 8.52. The predicted molar refractivity (Wildman–Crippen MR) is 152 cm³/mol. The van der Waals surface area contributed by atoms with Crippen LogP contribution in [-0.2, 0) is 18.3 Å². The lowest BCUT2D eigenvalue weighted by molar-refractivity contribution is -0.129. The lowest BCUT2D eigenvalue weighted by Gasteiger charge is -2.34. The van der Waals surface area contributed by atoms with E-state index < -0.39 is 0 Å². The minimum Gasteiger partial charge on any atom is -0.343 e. The molecule has 6 rings (SSSR count). The molecule has 37 heavy (non-hydrogen) atoms. The van der Waals surface area contributed by atoms with Gasteiger partial charge in [-0.2, -0.15) is 0 Å². The number of amides is 1. The van der Waals surface area contributed by atoms with Gasteiger partial charge in [-0.3, -0.25) is 4.79 Å². The highest BCUT2D eigenvalue weighted by Gasteiger charge is 2.44. The third kappa shape index (κ3) is 4.11. The largest absolute Gasteiger partial charge is 0.343 e. The van der Waals surface area contributed by atoms with Gasteiger partial charge < -0.3 is 9.47 Å². The summed E-state index contributed by atoms with van der Waals surface area (Å²) in [6, 6.07) is 28.4. The summed E-state index contributed by atoms with van der Waals surface area (Å²) in [7, 11) is 2.18. The maximum atomic E-state index is 14.1. The Hall–Kier alpha value is -3.59. The monoisotopic (exact) mass is 488 g/mol. The zero-order valence-corrected chi connectivity index (χ0v) is 22.2. The van der Waals surface area contributed by atoms with E-state index in [9.17, 15) is 4.79 Å². The summed E-state index contributed by atoms with van der Waals surface area (Å²) < 4.78 is 2.34. The molecule has 0 N–H and O–H groups in total. The lowest BCUT2D eigenvalue weighted by Crippen LogP contribution is -2.38. The van der Waals surface area contributed by atoms with E-state index in [1.54, 1.807) is 0 Å². The standard InChI is InChI=1S/C34H36N2O/c1-23-17-21-26(22-18-23)32-31(29-15-9-10-16-30(29)35(32)3)33-27-13-7-8-14-28(27)34(37)36(33)24(2)19-20-25-11-5-4-6-12-25/h4-6,9-12,15-18,21-22,24,33H,7-8,13-14,19-20H2,1-3H3. The van der Waals surface area contributed by atoms with Crippen LogP contribution in [0.15, 0.2) is 90.0 Å². The molecule has 2 aliphatic rings.